The Kier molecular flexibility index (Phi) is 6.07. The van der Waals surface area contributed by atoms with Gasteiger partial charge in [0.05, 0.1) is 0 Å². The van der Waals surface area contributed by atoms with Crippen LogP contribution in [-0.2, 0) is 9.59 Å². The summed E-state index contributed by atoms with van der Waals surface area (Å²) in [6.07, 6.45) is 2.49. The fourth-order valence-electron chi connectivity index (χ4n) is 2.40. The highest BCUT2D eigenvalue weighted by Gasteiger charge is 2.17. The molecule has 1 aromatic carbocycles. The summed E-state index contributed by atoms with van der Waals surface area (Å²) in [5.41, 5.74) is 0.879. The summed E-state index contributed by atoms with van der Waals surface area (Å²) in [7, 11) is 0. The maximum absolute atomic E-state index is 11.8. The summed E-state index contributed by atoms with van der Waals surface area (Å²) in [5.74, 6) is 0.503. The molecule has 0 saturated carbocycles. The zero-order valence-corrected chi connectivity index (χ0v) is 13.5. The van der Waals surface area contributed by atoms with E-state index in [0.29, 0.717) is 23.7 Å². The molecule has 1 N–H and O–H groups in total. The van der Waals surface area contributed by atoms with E-state index < -0.39 is 0 Å². The van der Waals surface area contributed by atoms with E-state index in [1.165, 1.54) is 0 Å². The molecule has 120 valence electrons. The van der Waals surface area contributed by atoms with Crippen molar-refractivity contribution in [1.29, 1.82) is 0 Å². The molecule has 1 aromatic rings. The van der Waals surface area contributed by atoms with Crippen LogP contribution in [0.5, 0.6) is 5.75 Å². The molecule has 0 radical (unpaired) electrons. The molecule has 22 heavy (non-hydrogen) atoms. The minimum Gasteiger partial charge on any atom is -0.484 e. The van der Waals surface area contributed by atoms with Crippen LogP contribution in [0.15, 0.2) is 18.2 Å². The fourth-order valence-corrected chi connectivity index (χ4v) is 2.63. The zero-order valence-electron chi connectivity index (χ0n) is 12.7. The average molecular weight is 325 g/mol. The van der Waals surface area contributed by atoms with Gasteiger partial charge in [0.25, 0.3) is 5.91 Å². The van der Waals surface area contributed by atoms with E-state index in [1.807, 2.05) is 11.8 Å². The van der Waals surface area contributed by atoms with Crippen LogP contribution in [0.2, 0.25) is 5.02 Å². The van der Waals surface area contributed by atoms with E-state index in [9.17, 15) is 9.59 Å². The standard InChI is InChI=1S/C16H21ClN2O3/c1-12-10-13(17)4-5-14(12)22-11-15(20)18-7-6-16(21)19-8-2-3-9-19/h4-5,10H,2-3,6-9,11H2,1H3,(H,18,20). The maximum atomic E-state index is 11.8. The van der Waals surface area contributed by atoms with E-state index in [1.54, 1.807) is 18.2 Å². The number of halogens is 1. The first-order valence-corrected chi connectivity index (χ1v) is 7.87. The van der Waals surface area contributed by atoms with Gasteiger partial charge in [-0.1, -0.05) is 11.6 Å². The Bertz CT molecular complexity index is 542. The van der Waals surface area contributed by atoms with Gasteiger partial charge in [-0.25, -0.2) is 0 Å². The van der Waals surface area contributed by atoms with Crippen LogP contribution in [0.4, 0.5) is 0 Å². The zero-order chi connectivity index (χ0) is 15.9. The lowest BCUT2D eigenvalue weighted by molar-refractivity contribution is -0.130. The number of rotatable bonds is 6. The molecule has 1 saturated heterocycles. The fraction of sp³-hybridized carbons (Fsp3) is 0.500. The van der Waals surface area contributed by atoms with Crippen molar-refractivity contribution in [2.24, 2.45) is 0 Å². The molecule has 0 aromatic heterocycles. The highest BCUT2D eigenvalue weighted by Crippen LogP contribution is 2.21. The number of hydrogen-bond donors (Lipinski definition) is 1. The largest absolute Gasteiger partial charge is 0.484 e. The van der Waals surface area contributed by atoms with Gasteiger partial charge in [0.2, 0.25) is 5.91 Å². The molecule has 0 atom stereocenters. The number of nitrogens with one attached hydrogen (secondary N) is 1. The number of nitrogens with zero attached hydrogens (tertiary/aromatic N) is 1. The van der Waals surface area contributed by atoms with Crippen molar-refractivity contribution < 1.29 is 14.3 Å². The van der Waals surface area contributed by atoms with Crippen LogP contribution in [0.3, 0.4) is 0 Å². The van der Waals surface area contributed by atoms with E-state index in [-0.39, 0.29) is 18.4 Å². The Hall–Kier alpha value is -1.75. The topological polar surface area (TPSA) is 58.6 Å². The maximum Gasteiger partial charge on any atom is 0.257 e. The summed E-state index contributed by atoms with van der Waals surface area (Å²) in [6.45, 7) is 3.82. The number of carbonyl (C=O) groups excluding carboxylic acids is 2. The van der Waals surface area contributed by atoms with E-state index in [0.717, 1.165) is 31.5 Å². The van der Waals surface area contributed by atoms with Crippen LogP contribution >= 0.6 is 11.6 Å². The van der Waals surface area contributed by atoms with Gasteiger partial charge in [0, 0.05) is 31.1 Å². The molecule has 2 amide bonds. The molecular weight excluding hydrogens is 304 g/mol. The Morgan fingerprint density at radius 1 is 1.32 bits per heavy atom. The number of amides is 2. The molecule has 0 bridgehead atoms. The average Bonchev–Trinajstić information content (AvgIpc) is 3.00. The Morgan fingerprint density at radius 3 is 2.73 bits per heavy atom. The molecule has 1 fully saturated rings. The molecule has 1 heterocycles. The Labute approximate surface area is 135 Å². The predicted octanol–water partition coefficient (Wildman–Crippen LogP) is 2.16. The lowest BCUT2D eigenvalue weighted by Crippen LogP contribution is -2.34. The summed E-state index contributed by atoms with van der Waals surface area (Å²) in [6, 6.07) is 5.24. The number of ether oxygens (including phenoxy) is 1. The Morgan fingerprint density at radius 2 is 2.05 bits per heavy atom. The van der Waals surface area contributed by atoms with Crippen LogP contribution in [0.25, 0.3) is 0 Å². The molecular formula is C16H21ClN2O3. The molecule has 0 unspecified atom stereocenters. The summed E-state index contributed by atoms with van der Waals surface area (Å²) in [4.78, 5) is 25.4. The van der Waals surface area contributed by atoms with E-state index in [2.05, 4.69) is 5.32 Å². The molecule has 0 aliphatic carbocycles. The van der Waals surface area contributed by atoms with E-state index >= 15 is 0 Å². The van der Waals surface area contributed by atoms with Gasteiger partial charge in [0.15, 0.2) is 6.61 Å². The second kappa shape index (κ2) is 8.03. The van der Waals surface area contributed by atoms with Gasteiger partial charge in [-0.05, 0) is 43.5 Å². The third-order valence-electron chi connectivity index (χ3n) is 3.62. The molecule has 5 nitrogen and oxygen atoms in total. The van der Waals surface area contributed by atoms with Crippen LogP contribution in [-0.4, -0.2) is 43.0 Å². The second-order valence-electron chi connectivity index (χ2n) is 5.39. The first-order valence-electron chi connectivity index (χ1n) is 7.49. The number of carbonyl (C=O) groups is 2. The second-order valence-corrected chi connectivity index (χ2v) is 5.82. The summed E-state index contributed by atoms with van der Waals surface area (Å²) < 4.78 is 5.44. The van der Waals surface area contributed by atoms with Gasteiger partial charge < -0.3 is 15.0 Å². The summed E-state index contributed by atoms with van der Waals surface area (Å²) >= 11 is 5.86. The van der Waals surface area contributed by atoms with Gasteiger partial charge in [-0.2, -0.15) is 0 Å². The molecule has 1 aliphatic rings. The van der Waals surface area contributed by atoms with E-state index in [4.69, 9.17) is 16.3 Å². The van der Waals surface area contributed by atoms with Gasteiger partial charge in [-0.3, -0.25) is 9.59 Å². The normalized spacial score (nSPS) is 14.0. The van der Waals surface area contributed by atoms with Crippen molar-refractivity contribution in [3.05, 3.63) is 28.8 Å². The minimum absolute atomic E-state index is 0.0691. The molecule has 2 rings (SSSR count). The lowest BCUT2D eigenvalue weighted by Gasteiger charge is -2.15. The highest BCUT2D eigenvalue weighted by molar-refractivity contribution is 6.30. The highest BCUT2D eigenvalue weighted by atomic mass is 35.5. The summed E-state index contributed by atoms with van der Waals surface area (Å²) in [5, 5.41) is 3.33. The number of likely N-dealkylation sites (tertiary alicyclic amines) is 1. The minimum atomic E-state index is -0.233. The molecule has 0 spiro atoms. The van der Waals surface area contributed by atoms with Crippen molar-refractivity contribution >= 4 is 23.4 Å². The van der Waals surface area contributed by atoms with Gasteiger partial charge in [-0.15, -0.1) is 0 Å². The van der Waals surface area contributed by atoms with Crippen LogP contribution < -0.4 is 10.1 Å². The number of benzene rings is 1. The SMILES string of the molecule is Cc1cc(Cl)ccc1OCC(=O)NCCC(=O)N1CCCC1. The van der Waals surface area contributed by atoms with Crippen LogP contribution in [0.1, 0.15) is 24.8 Å². The first-order chi connectivity index (χ1) is 10.6. The Balaban J connectivity index is 1.66. The number of hydrogen-bond acceptors (Lipinski definition) is 3. The third-order valence-corrected chi connectivity index (χ3v) is 3.85. The quantitative estimate of drug-likeness (QED) is 0.872. The van der Waals surface area contributed by atoms with Crippen molar-refractivity contribution in [3.63, 3.8) is 0 Å². The lowest BCUT2D eigenvalue weighted by atomic mass is 10.2. The van der Waals surface area contributed by atoms with Crippen molar-refractivity contribution in [2.45, 2.75) is 26.2 Å². The molecule has 6 heteroatoms. The predicted molar refractivity (Wildman–Crippen MR) is 85.1 cm³/mol. The van der Waals surface area contributed by atoms with Crippen molar-refractivity contribution in [2.75, 3.05) is 26.2 Å². The van der Waals surface area contributed by atoms with Crippen molar-refractivity contribution in [1.82, 2.24) is 10.2 Å². The molecule has 1 aliphatic heterocycles. The van der Waals surface area contributed by atoms with Crippen molar-refractivity contribution in [3.8, 4) is 5.75 Å². The first kappa shape index (κ1) is 16.6. The smallest absolute Gasteiger partial charge is 0.257 e. The van der Waals surface area contributed by atoms with Gasteiger partial charge in [0.1, 0.15) is 5.75 Å². The van der Waals surface area contributed by atoms with Crippen LogP contribution in [0, 0.1) is 6.92 Å². The van der Waals surface area contributed by atoms with Gasteiger partial charge >= 0.3 is 0 Å². The monoisotopic (exact) mass is 324 g/mol. The number of aryl methyl sites for hydroxylation is 1. The third kappa shape index (κ3) is 4.91.